The van der Waals surface area contributed by atoms with Crippen molar-refractivity contribution in [3.63, 3.8) is 0 Å². The average Bonchev–Trinajstić information content (AvgIpc) is 3.32. The Kier molecular flexibility index (Phi) is 10.2. The third-order valence-electron chi connectivity index (χ3n) is 7.96. The van der Waals surface area contributed by atoms with Crippen LogP contribution >= 0.6 is 11.8 Å². The molecule has 0 radical (unpaired) electrons. The molecule has 11 heteroatoms. The number of ether oxygens (including phenoxy) is 1. The predicted octanol–water partition coefficient (Wildman–Crippen LogP) is 3.86. The number of amides is 3. The van der Waals surface area contributed by atoms with E-state index in [1.165, 1.54) is 40.9 Å². The number of thioether (sulfide) groups is 1. The molecule has 3 amide bonds. The third-order valence-corrected chi connectivity index (χ3v) is 9.33. The van der Waals surface area contributed by atoms with E-state index in [2.05, 4.69) is 10.6 Å². The van der Waals surface area contributed by atoms with Crippen LogP contribution in [0.15, 0.2) is 60.7 Å². The largest absolute Gasteiger partial charge is 0.508 e. The molecule has 3 aromatic carbocycles. The standard InChI is InChI=1S/C33H38FN3O6S/c1-19-9-12-23(34)16-22(19)17-35-31(41)29-33(3,4)44-18-37(29)32(42)28(39)26(15-21-10-13-24(43-5)14-11-21)36-30(40)25-7-6-8-27(38)20(25)2/h6-14,16,26,28-29,38-39H,15,17-18H2,1-5H3,(H,35,41)(H,36,40)/t26-,28-,29?/m0/s1. The van der Waals surface area contributed by atoms with Crippen LogP contribution in [0.4, 0.5) is 4.39 Å². The van der Waals surface area contributed by atoms with Gasteiger partial charge in [-0.1, -0.05) is 24.3 Å². The van der Waals surface area contributed by atoms with Gasteiger partial charge in [0.2, 0.25) is 5.91 Å². The molecule has 4 N–H and O–H groups in total. The zero-order chi connectivity index (χ0) is 32.2. The number of carbonyl (C=O) groups excluding carboxylic acids is 3. The van der Waals surface area contributed by atoms with E-state index < -0.39 is 46.5 Å². The summed E-state index contributed by atoms with van der Waals surface area (Å²) in [5.74, 6) is -1.41. The quantitative estimate of drug-likeness (QED) is 0.270. The van der Waals surface area contributed by atoms with Crippen LogP contribution in [-0.4, -0.2) is 68.8 Å². The van der Waals surface area contributed by atoms with Gasteiger partial charge >= 0.3 is 0 Å². The number of hydrogen-bond donors (Lipinski definition) is 4. The fraction of sp³-hybridized carbons (Fsp3) is 0.364. The van der Waals surface area contributed by atoms with Gasteiger partial charge in [-0.15, -0.1) is 11.8 Å². The van der Waals surface area contributed by atoms with Crippen molar-refractivity contribution in [2.75, 3.05) is 13.0 Å². The van der Waals surface area contributed by atoms with Crippen molar-refractivity contribution >= 4 is 29.5 Å². The Bertz CT molecular complexity index is 1530. The summed E-state index contributed by atoms with van der Waals surface area (Å²) in [6.07, 6.45) is -1.60. The van der Waals surface area contributed by atoms with Gasteiger partial charge in [0.15, 0.2) is 6.10 Å². The SMILES string of the molecule is COc1ccc(C[C@H](NC(=O)c2cccc(O)c2C)[C@H](O)C(=O)N2CSC(C)(C)C2C(=O)NCc2cc(F)ccc2C)cc1. The molecule has 1 aliphatic heterocycles. The van der Waals surface area contributed by atoms with E-state index in [1.54, 1.807) is 50.4 Å². The number of nitrogens with one attached hydrogen (secondary N) is 2. The number of aromatic hydroxyl groups is 1. The summed E-state index contributed by atoms with van der Waals surface area (Å²) in [7, 11) is 1.54. The van der Waals surface area contributed by atoms with Gasteiger partial charge in [-0.3, -0.25) is 14.4 Å². The van der Waals surface area contributed by atoms with Gasteiger partial charge in [0.05, 0.1) is 19.0 Å². The van der Waals surface area contributed by atoms with Crippen molar-refractivity contribution in [2.45, 2.75) is 63.6 Å². The molecule has 44 heavy (non-hydrogen) atoms. The lowest BCUT2D eigenvalue weighted by molar-refractivity contribution is -0.147. The Hall–Kier alpha value is -4.09. The Morgan fingerprint density at radius 1 is 1.11 bits per heavy atom. The molecule has 4 rings (SSSR count). The molecular weight excluding hydrogens is 585 g/mol. The molecule has 3 aromatic rings. The van der Waals surface area contributed by atoms with Crippen LogP contribution in [0.1, 0.15) is 46.5 Å². The molecule has 3 atom stereocenters. The number of carbonyl (C=O) groups is 3. The lowest BCUT2D eigenvalue weighted by Gasteiger charge is -2.33. The summed E-state index contributed by atoms with van der Waals surface area (Å²) < 4.78 is 18.4. The molecule has 0 aliphatic carbocycles. The van der Waals surface area contributed by atoms with Crippen molar-refractivity contribution in [2.24, 2.45) is 0 Å². The number of halogens is 1. The number of aliphatic hydroxyl groups excluding tert-OH is 1. The lowest BCUT2D eigenvalue weighted by atomic mass is 9.96. The number of phenolic OH excluding ortho intramolecular Hbond substituents is 1. The van der Waals surface area contributed by atoms with Crippen LogP contribution in [0, 0.1) is 19.7 Å². The van der Waals surface area contributed by atoms with Crippen molar-refractivity contribution in [3.8, 4) is 11.5 Å². The number of nitrogens with zero attached hydrogens (tertiary/aromatic N) is 1. The van der Waals surface area contributed by atoms with Gasteiger partial charge in [0, 0.05) is 22.4 Å². The van der Waals surface area contributed by atoms with Crippen molar-refractivity contribution in [1.82, 2.24) is 15.5 Å². The maximum atomic E-state index is 13.9. The Balaban J connectivity index is 1.58. The number of phenols is 1. The van der Waals surface area contributed by atoms with Crippen molar-refractivity contribution < 1.29 is 33.7 Å². The van der Waals surface area contributed by atoms with Gasteiger partial charge in [-0.05, 0) is 87.2 Å². The van der Waals surface area contributed by atoms with Crippen LogP contribution in [0.3, 0.4) is 0 Å². The Morgan fingerprint density at radius 2 is 1.82 bits per heavy atom. The summed E-state index contributed by atoms with van der Waals surface area (Å²) in [5, 5.41) is 27.2. The molecule has 1 heterocycles. The zero-order valence-electron chi connectivity index (χ0n) is 25.4. The summed E-state index contributed by atoms with van der Waals surface area (Å²) in [6.45, 7) is 7.18. The molecule has 1 fully saturated rings. The number of rotatable bonds is 10. The second-order valence-corrected chi connectivity index (χ2v) is 13.0. The summed E-state index contributed by atoms with van der Waals surface area (Å²) in [5.41, 5.74) is 2.72. The normalized spacial score (nSPS) is 17.1. The monoisotopic (exact) mass is 623 g/mol. The minimum atomic E-state index is -1.70. The van der Waals surface area contributed by atoms with Crippen molar-refractivity contribution in [1.29, 1.82) is 0 Å². The van der Waals surface area contributed by atoms with Crippen molar-refractivity contribution in [3.05, 3.63) is 94.3 Å². The molecule has 1 unspecified atom stereocenters. The summed E-state index contributed by atoms with van der Waals surface area (Å²) in [4.78, 5) is 42.1. The van der Waals surface area contributed by atoms with Gasteiger partial charge in [-0.2, -0.15) is 0 Å². The van der Waals surface area contributed by atoms with Gasteiger partial charge < -0.3 is 30.5 Å². The maximum absolute atomic E-state index is 13.9. The fourth-order valence-corrected chi connectivity index (χ4v) is 6.38. The highest BCUT2D eigenvalue weighted by molar-refractivity contribution is 8.00. The van der Waals surface area contributed by atoms with E-state index in [0.29, 0.717) is 16.9 Å². The molecule has 0 aromatic heterocycles. The molecular formula is C33H38FN3O6S. The predicted molar refractivity (Wildman–Crippen MR) is 167 cm³/mol. The topological polar surface area (TPSA) is 128 Å². The summed E-state index contributed by atoms with van der Waals surface area (Å²) >= 11 is 1.40. The first-order valence-electron chi connectivity index (χ1n) is 14.2. The van der Waals surface area contributed by atoms with Crippen LogP contribution in [0.25, 0.3) is 0 Å². The first-order valence-corrected chi connectivity index (χ1v) is 15.2. The van der Waals surface area contributed by atoms with E-state index in [-0.39, 0.29) is 30.2 Å². The van der Waals surface area contributed by atoms with Crippen LogP contribution in [0.2, 0.25) is 0 Å². The maximum Gasteiger partial charge on any atom is 0.254 e. The number of benzene rings is 3. The highest BCUT2D eigenvalue weighted by Crippen LogP contribution is 2.40. The lowest BCUT2D eigenvalue weighted by Crippen LogP contribution is -2.58. The second-order valence-electron chi connectivity index (χ2n) is 11.4. The number of hydrogen-bond acceptors (Lipinski definition) is 7. The molecule has 0 bridgehead atoms. The van der Waals surface area contributed by atoms with Crippen LogP contribution in [-0.2, 0) is 22.6 Å². The molecule has 9 nitrogen and oxygen atoms in total. The van der Waals surface area contributed by atoms with Gasteiger partial charge in [-0.25, -0.2) is 4.39 Å². The average molecular weight is 624 g/mol. The first-order chi connectivity index (χ1) is 20.8. The van der Waals surface area contributed by atoms with E-state index >= 15 is 0 Å². The number of aliphatic hydroxyl groups is 1. The van der Waals surface area contributed by atoms with Gasteiger partial charge in [0.25, 0.3) is 11.8 Å². The Morgan fingerprint density at radius 3 is 2.50 bits per heavy atom. The van der Waals surface area contributed by atoms with Crippen LogP contribution < -0.4 is 15.4 Å². The number of aryl methyl sites for hydroxylation is 1. The second kappa shape index (κ2) is 13.7. The third kappa shape index (κ3) is 7.34. The minimum absolute atomic E-state index is 0.0559. The molecule has 0 spiro atoms. The molecule has 1 aliphatic rings. The van der Waals surface area contributed by atoms with Crippen LogP contribution in [0.5, 0.6) is 11.5 Å². The van der Waals surface area contributed by atoms with E-state index in [4.69, 9.17) is 4.74 Å². The first kappa shape index (κ1) is 32.8. The fourth-order valence-electron chi connectivity index (χ4n) is 5.24. The molecule has 1 saturated heterocycles. The summed E-state index contributed by atoms with van der Waals surface area (Å²) in [6, 6.07) is 13.9. The zero-order valence-corrected chi connectivity index (χ0v) is 26.2. The highest BCUT2D eigenvalue weighted by atomic mass is 32.2. The van der Waals surface area contributed by atoms with E-state index in [9.17, 15) is 29.0 Å². The van der Waals surface area contributed by atoms with E-state index in [1.807, 2.05) is 20.8 Å². The minimum Gasteiger partial charge on any atom is -0.508 e. The Labute approximate surface area is 260 Å². The van der Waals surface area contributed by atoms with E-state index in [0.717, 1.165) is 11.1 Å². The number of methoxy groups -OCH3 is 1. The highest BCUT2D eigenvalue weighted by Gasteiger charge is 2.49. The smallest absolute Gasteiger partial charge is 0.254 e. The van der Waals surface area contributed by atoms with Gasteiger partial charge in [0.1, 0.15) is 23.4 Å². The molecule has 0 saturated carbocycles. The molecule has 234 valence electrons.